The van der Waals surface area contributed by atoms with E-state index >= 15 is 0 Å². The lowest BCUT2D eigenvalue weighted by atomic mass is 10.0. The van der Waals surface area contributed by atoms with Crippen molar-refractivity contribution in [3.8, 4) is 0 Å². The van der Waals surface area contributed by atoms with Gasteiger partial charge in [0.15, 0.2) is 0 Å². The molecular weight excluding hydrogens is 162 g/mol. The van der Waals surface area contributed by atoms with Crippen molar-refractivity contribution in [1.29, 1.82) is 0 Å². The minimum absolute atomic E-state index is 0.241. The van der Waals surface area contributed by atoms with Crippen molar-refractivity contribution in [1.82, 2.24) is 5.48 Å². The molecule has 0 saturated carbocycles. The topological polar surface area (TPSA) is 21.3 Å². The largest absolute Gasteiger partial charge is 0.305 e. The highest BCUT2D eigenvalue weighted by Gasteiger charge is 2.06. The third kappa shape index (κ3) is 2.54. The Bertz CT molecular complexity index is 283. The quantitative estimate of drug-likeness (QED) is 0.720. The van der Waals surface area contributed by atoms with Gasteiger partial charge in [0.1, 0.15) is 0 Å². The van der Waals surface area contributed by atoms with Gasteiger partial charge >= 0.3 is 0 Å². The molecule has 0 aromatic heterocycles. The normalized spacial score (nSPS) is 12.9. The van der Waals surface area contributed by atoms with Gasteiger partial charge in [-0.05, 0) is 31.9 Å². The van der Waals surface area contributed by atoms with E-state index in [1.54, 1.807) is 7.11 Å². The van der Waals surface area contributed by atoms with E-state index < -0.39 is 0 Å². The highest BCUT2D eigenvalue weighted by Crippen LogP contribution is 2.18. The Kier molecular flexibility index (Phi) is 3.46. The summed E-state index contributed by atoms with van der Waals surface area (Å²) in [7, 11) is 1.64. The van der Waals surface area contributed by atoms with Gasteiger partial charge in [0.25, 0.3) is 0 Å². The van der Waals surface area contributed by atoms with Crippen molar-refractivity contribution in [2.45, 2.75) is 26.8 Å². The monoisotopic (exact) mass is 179 g/mol. The van der Waals surface area contributed by atoms with Gasteiger partial charge in [-0.15, -0.1) is 0 Å². The first-order chi connectivity index (χ1) is 6.15. The Balaban J connectivity index is 2.91. The molecule has 1 N–H and O–H groups in total. The van der Waals surface area contributed by atoms with Crippen LogP contribution in [0.4, 0.5) is 0 Å². The van der Waals surface area contributed by atoms with Gasteiger partial charge in [-0.1, -0.05) is 23.8 Å². The fraction of sp³-hybridized carbons (Fsp3) is 0.455. The third-order valence-electron chi connectivity index (χ3n) is 2.20. The number of aryl methyl sites for hydroxylation is 2. The number of hydrogen-bond donors (Lipinski definition) is 1. The first-order valence-corrected chi connectivity index (χ1v) is 4.51. The Hall–Kier alpha value is -0.860. The van der Waals surface area contributed by atoms with Crippen molar-refractivity contribution in [3.63, 3.8) is 0 Å². The van der Waals surface area contributed by atoms with Gasteiger partial charge in [-0.3, -0.25) is 0 Å². The lowest BCUT2D eigenvalue weighted by Crippen LogP contribution is -2.17. The lowest BCUT2D eigenvalue weighted by molar-refractivity contribution is 0.0657. The van der Waals surface area contributed by atoms with Crippen molar-refractivity contribution in [3.05, 3.63) is 34.9 Å². The van der Waals surface area contributed by atoms with Crippen molar-refractivity contribution in [2.75, 3.05) is 7.11 Å². The second kappa shape index (κ2) is 4.40. The first kappa shape index (κ1) is 10.2. The average Bonchev–Trinajstić information content (AvgIpc) is 2.09. The smallest absolute Gasteiger partial charge is 0.0572 e. The predicted molar refractivity (Wildman–Crippen MR) is 54.5 cm³/mol. The van der Waals surface area contributed by atoms with Gasteiger partial charge in [0.05, 0.1) is 13.2 Å². The molecule has 1 aromatic carbocycles. The van der Waals surface area contributed by atoms with Crippen LogP contribution in [0, 0.1) is 13.8 Å². The molecule has 0 amide bonds. The van der Waals surface area contributed by atoms with E-state index in [1.165, 1.54) is 16.7 Å². The van der Waals surface area contributed by atoms with E-state index in [0.29, 0.717) is 0 Å². The standard InChI is InChI=1S/C11H17NO/c1-8-5-6-9(2)11(7-8)10(3)12-13-4/h5-7,10,12H,1-4H3. The molecule has 2 heteroatoms. The molecule has 0 aliphatic rings. The lowest BCUT2D eigenvalue weighted by Gasteiger charge is -2.15. The van der Waals surface area contributed by atoms with Gasteiger partial charge in [0, 0.05) is 0 Å². The molecule has 13 heavy (non-hydrogen) atoms. The zero-order chi connectivity index (χ0) is 9.84. The molecule has 0 saturated heterocycles. The van der Waals surface area contributed by atoms with E-state index in [1.807, 2.05) is 0 Å². The maximum absolute atomic E-state index is 4.90. The van der Waals surface area contributed by atoms with E-state index in [0.717, 1.165) is 0 Å². The van der Waals surface area contributed by atoms with Gasteiger partial charge in [0.2, 0.25) is 0 Å². The molecule has 0 radical (unpaired) electrons. The van der Waals surface area contributed by atoms with E-state index in [2.05, 4.69) is 44.5 Å². The van der Waals surface area contributed by atoms with Crippen LogP contribution in [0.5, 0.6) is 0 Å². The summed E-state index contributed by atoms with van der Waals surface area (Å²) in [5, 5.41) is 0. The molecule has 1 rings (SSSR count). The van der Waals surface area contributed by atoms with Crippen molar-refractivity contribution >= 4 is 0 Å². The van der Waals surface area contributed by atoms with E-state index in [4.69, 9.17) is 4.84 Å². The number of hydroxylamine groups is 1. The summed E-state index contributed by atoms with van der Waals surface area (Å²) in [5.41, 5.74) is 6.80. The highest BCUT2D eigenvalue weighted by molar-refractivity contribution is 5.32. The molecule has 0 bridgehead atoms. The molecule has 1 unspecified atom stereocenters. The molecular formula is C11H17NO. The van der Waals surface area contributed by atoms with Crippen LogP contribution in [0.2, 0.25) is 0 Å². The van der Waals surface area contributed by atoms with Gasteiger partial charge in [-0.2, -0.15) is 5.48 Å². The van der Waals surface area contributed by atoms with Crippen molar-refractivity contribution in [2.24, 2.45) is 0 Å². The predicted octanol–water partition coefficient (Wildman–Crippen LogP) is 2.52. The molecule has 0 fully saturated rings. The summed E-state index contributed by atoms with van der Waals surface area (Å²) in [5.74, 6) is 0. The molecule has 1 atom stereocenters. The van der Waals surface area contributed by atoms with Crippen LogP contribution in [-0.2, 0) is 4.84 Å². The molecule has 2 nitrogen and oxygen atoms in total. The van der Waals surface area contributed by atoms with Crippen LogP contribution >= 0.6 is 0 Å². The maximum atomic E-state index is 4.90. The molecule has 0 aliphatic heterocycles. The molecule has 0 heterocycles. The first-order valence-electron chi connectivity index (χ1n) is 4.51. The van der Waals surface area contributed by atoms with Gasteiger partial charge in [-0.25, -0.2) is 0 Å². The molecule has 1 aromatic rings. The highest BCUT2D eigenvalue weighted by atomic mass is 16.6. The molecule has 0 spiro atoms. The summed E-state index contributed by atoms with van der Waals surface area (Å²) in [6.45, 7) is 6.30. The Morgan fingerprint density at radius 3 is 2.62 bits per heavy atom. The van der Waals surface area contributed by atoms with Crippen LogP contribution in [-0.4, -0.2) is 7.11 Å². The molecule has 72 valence electrons. The Labute approximate surface area is 79.9 Å². The number of benzene rings is 1. The minimum Gasteiger partial charge on any atom is -0.305 e. The Morgan fingerprint density at radius 1 is 1.31 bits per heavy atom. The fourth-order valence-corrected chi connectivity index (χ4v) is 1.47. The summed E-state index contributed by atoms with van der Waals surface area (Å²) in [4.78, 5) is 4.90. The average molecular weight is 179 g/mol. The minimum atomic E-state index is 0.241. The van der Waals surface area contributed by atoms with Crippen molar-refractivity contribution < 1.29 is 4.84 Å². The number of nitrogens with one attached hydrogen (secondary N) is 1. The third-order valence-corrected chi connectivity index (χ3v) is 2.20. The second-order valence-corrected chi connectivity index (χ2v) is 3.40. The summed E-state index contributed by atoms with van der Waals surface area (Å²) in [6.07, 6.45) is 0. The number of hydrogen-bond acceptors (Lipinski definition) is 2. The van der Waals surface area contributed by atoms with Crippen LogP contribution in [0.3, 0.4) is 0 Å². The Morgan fingerprint density at radius 2 is 2.00 bits per heavy atom. The SMILES string of the molecule is CONC(C)c1cc(C)ccc1C. The summed E-state index contributed by atoms with van der Waals surface area (Å²) in [6, 6.07) is 6.69. The van der Waals surface area contributed by atoms with Crippen LogP contribution in [0.1, 0.15) is 29.7 Å². The zero-order valence-electron chi connectivity index (χ0n) is 8.72. The summed E-state index contributed by atoms with van der Waals surface area (Å²) >= 11 is 0. The van der Waals surface area contributed by atoms with Crippen LogP contribution in [0.15, 0.2) is 18.2 Å². The molecule has 0 aliphatic carbocycles. The number of rotatable bonds is 3. The van der Waals surface area contributed by atoms with E-state index in [-0.39, 0.29) is 6.04 Å². The summed E-state index contributed by atoms with van der Waals surface area (Å²) < 4.78 is 0. The van der Waals surface area contributed by atoms with Crippen LogP contribution < -0.4 is 5.48 Å². The van der Waals surface area contributed by atoms with Gasteiger partial charge < -0.3 is 4.84 Å². The fourth-order valence-electron chi connectivity index (χ4n) is 1.47. The van der Waals surface area contributed by atoms with Crippen LogP contribution in [0.25, 0.3) is 0 Å². The second-order valence-electron chi connectivity index (χ2n) is 3.40. The van der Waals surface area contributed by atoms with E-state index in [9.17, 15) is 0 Å². The zero-order valence-corrected chi connectivity index (χ0v) is 8.72. The maximum Gasteiger partial charge on any atom is 0.0572 e.